The largest absolute Gasteiger partial charge is 0.370 e. The Labute approximate surface area is 130 Å². The molecule has 0 aliphatic carbocycles. The summed E-state index contributed by atoms with van der Waals surface area (Å²) in [5.74, 6) is 0.887. The third kappa shape index (κ3) is 4.21. The van der Waals surface area contributed by atoms with Gasteiger partial charge in [0.15, 0.2) is 0 Å². The first-order valence-corrected chi connectivity index (χ1v) is 7.69. The van der Waals surface area contributed by atoms with Gasteiger partial charge < -0.3 is 10.6 Å². The zero-order chi connectivity index (χ0) is 13.7. The summed E-state index contributed by atoms with van der Waals surface area (Å²) >= 11 is 7.01. The van der Waals surface area contributed by atoms with Crippen LogP contribution in [0.5, 0.6) is 0 Å². The molecular weight excluding hydrogens is 370 g/mol. The number of nitrogens with zero attached hydrogens (tertiary/aromatic N) is 1. The monoisotopic (exact) mass is 383 g/mol. The Morgan fingerprint density at radius 1 is 1.16 bits per heavy atom. The van der Waals surface area contributed by atoms with Crippen LogP contribution in [0.1, 0.15) is 13.3 Å². The average molecular weight is 385 g/mol. The van der Waals surface area contributed by atoms with E-state index in [2.05, 4.69) is 54.4 Å². The number of hydrogen-bond donors (Lipinski definition) is 2. The summed E-state index contributed by atoms with van der Waals surface area (Å²) in [5.41, 5.74) is 2.02. The predicted octanol–water partition coefficient (Wildman–Crippen LogP) is 5.17. The van der Waals surface area contributed by atoms with Crippen LogP contribution in [-0.4, -0.2) is 11.5 Å². The first-order chi connectivity index (χ1) is 9.19. The van der Waals surface area contributed by atoms with Crippen LogP contribution in [0.4, 0.5) is 17.2 Å². The molecule has 0 bridgehead atoms. The van der Waals surface area contributed by atoms with E-state index in [1.54, 1.807) is 6.20 Å². The molecule has 0 saturated carbocycles. The number of aromatic nitrogens is 1. The van der Waals surface area contributed by atoms with E-state index in [-0.39, 0.29) is 0 Å². The Kier molecular flexibility index (Phi) is 5.22. The van der Waals surface area contributed by atoms with E-state index < -0.39 is 0 Å². The van der Waals surface area contributed by atoms with E-state index >= 15 is 0 Å². The molecule has 0 fully saturated rings. The molecule has 0 unspecified atom stereocenters. The lowest BCUT2D eigenvalue weighted by atomic mass is 10.3. The van der Waals surface area contributed by atoms with Crippen molar-refractivity contribution in [1.82, 2.24) is 4.98 Å². The molecule has 1 aromatic heterocycles. The van der Waals surface area contributed by atoms with Gasteiger partial charge in [-0.3, -0.25) is 0 Å². The Balaban J connectivity index is 2.16. The lowest BCUT2D eigenvalue weighted by Gasteiger charge is -2.11. The maximum atomic E-state index is 4.29. The molecule has 0 amide bonds. The third-order valence-corrected chi connectivity index (χ3v) is 3.71. The van der Waals surface area contributed by atoms with Gasteiger partial charge in [0.1, 0.15) is 5.82 Å². The van der Waals surface area contributed by atoms with Gasteiger partial charge in [-0.2, -0.15) is 0 Å². The molecule has 2 rings (SSSR count). The number of halogens is 2. The molecular formula is C14H15Br2N3. The smallest absolute Gasteiger partial charge is 0.127 e. The Morgan fingerprint density at radius 3 is 2.79 bits per heavy atom. The number of rotatable bonds is 5. The van der Waals surface area contributed by atoms with Crippen molar-refractivity contribution < 1.29 is 0 Å². The molecule has 5 heteroatoms. The summed E-state index contributed by atoms with van der Waals surface area (Å²) in [6.45, 7) is 3.06. The van der Waals surface area contributed by atoms with Crippen molar-refractivity contribution in [3.05, 3.63) is 45.5 Å². The summed E-state index contributed by atoms with van der Waals surface area (Å²) in [6, 6.07) is 9.98. The van der Waals surface area contributed by atoms with Crippen molar-refractivity contribution >= 4 is 49.1 Å². The molecule has 19 heavy (non-hydrogen) atoms. The van der Waals surface area contributed by atoms with Gasteiger partial charge >= 0.3 is 0 Å². The maximum absolute atomic E-state index is 4.29. The predicted molar refractivity (Wildman–Crippen MR) is 88.1 cm³/mol. The highest BCUT2D eigenvalue weighted by atomic mass is 79.9. The van der Waals surface area contributed by atoms with Gasteiger partial charge in [0.2, 0.25) is 0 Å². The molecule has 2 aromatic rings. The number of benzene rings is 1. The normalized spacial score (nSPS) is 10.3. The number of nitrogens with one attached hydrogen (secondary N) is 2. The fourth-order valence-electron chi connectivity index (χ4n) is 1.61. The lowest BCUT2D eigenvalue weighted by Crippen LogP contribution is -2.02. The molecule has 0 atom stereocenters. The van der Waals surface area contributed by atoms with Crippen LogP contribution in [0.2, 0.25) is 0 Å². The van der Waals surface area contributed by atoms with Gasteiger partial charge in [-0.25, -0.2) is 4.98 Å². The second-order valence-electron chi connectivity index (χ2n) is 4.11. The Morgan fingerprint density at radius 2 is 2.00 bits per heavy atom. The quantitative estimate of drug-likeness (QED) is 0.746. The average Bonchev–Trinajstić information content (AvgIpc) is 2.41. The van der Waals surface area contributed by atoms with Crippen molar-refractivity contribution in [2.75, 3.05) is 17.2 Å². The van der Waals surface area contributed by atoms with Crippen molar-refractivity contribution in [3.8, 4) is 0 Å². The standard InChI is InChI=1S/C14H15Br2N3/c1-2-6-17-14-9-11(5-7-18-14)19-13-8-10(15)3-4-12(13)16/h3-5,7-9H,2,6H2,1H3,(H2,17,18,19). The summed E-state index contributed by atoms with van der Waals surface area (Å²) in [5, 5.41) is 6.65. The van der Waals surface area contributed by atoms with Gasteiger partial charge in [-0.1, -0.05) is 22.9 Å². The van der Waals surface area contributed by atoms with E-state index in [0.29, 0.717) is 0 Å². The van der Waals surface area contributed by atoms with Crippen LogP contribution >= 0.6 is 31.9 Å². The highest BCUT2D eigenvalue weighted by molar-refractivity contribution is 9.11. The van der Waals surface area contributed by atoms with Crippen molar-refractivity contribution in [2.24, 2.45) is 0 Å². The number of hydrogen-bond acceptors (Lipinski definition) is 3. The van der Waals surface area contributed by atoms with Gasteiger partial charge in [-0.15, -0.1) is 0 Å². The summed E-state index contributed by atoms with van der Waals surface area (Å²) in [6.07, 6.45) is 2.88. The molecule has 1 aromatic carbocycles. The van der Waals surface area contributed by atoms with Crippen molar-refractivity contribution in [2.45, 2.75) is 13.3 Å². The van der Waals surface area contributed by atoms with E-state index in [1.165, 1.54) is 0 Å². The fourth-order valence-corrected chi connectivity index (χ4v) is 2.31. The third-order valence-electron chi connectivity index (χ3n) is 2.52. The van der Waals surface area contributed by atoms with Crippen LogP contribution in [0, 0.1) is 0 Å². The molecule has 0 saturated heterocycles. The maximum Gasteiger partial charge on any atom is 0.127 e. The second kappa shape index (κ2) is 6.91. The van der Waals surface area contributed by atoms with E-state index in [0.717, 1.165) is 39.1 Å². The molecule has 3 nitrogen and oxygen atoms in total. The van der Waals surface area contributed by atoms with Gasteiger partial charge in [-0.05, 0) is 46.6 Å². The van der Waals surface area contributed by atoms with Crippen LogP contribution < -0.4 is 10.6 Å². The zero-order valence-electron chi connectivity index (χ0n) is 10.6. The molecule has 0 radical (unpaired) electrons. The minimum atomic E-state index is 0.887. The van der Waals surface area contributed by atoms with Crippen molar-refractivity contribution in [1.29, 1.82) is 0 Å². The zero-order valence-corrected chi connectivity index (χ0v) is 13.8. The minimum absolute atomic E-state index is 0.887. The lowest BCUT2D eigenvalue weighted by molar-refractivity contribution is 0.969. The van der Waals surface area contributed by atoms with Crippen LogP contribution in [-0.2, 0) is 0 Å². The summed E-state index contributed by atoms with van der Waals surface area (Å²) in [7, 11) is 0. The first kappa shape index (κ1) is 14.3. The molecule has 0 aliphatic rings. The van der Waals surface area contributed by atoms with E-state index in [1.807, 2.05) is 30.3 Å². The van der Waals surface area contributed by atoms with Crippen LogP contribution in [0.15, 0.2) is 45.5 Å². The Bertz CT molecular complexity index is 558. The van der Waals surface area contributed by atoms with Crippen LogP contribution in [0.3, 0.4) is 0 Å². The summed E-state index contributed by atoms with van der Waals surface area (Å²) in [4.78, 5) is 4.29. The molecule has 2 N–H and O–H groups in total. The molecule has 1 heterocycles. The number of pyridine rings is 1. The Hall–Kier alpha value is -1.07. The highest BCUT2D eigenvalue weighted by Crippen LogP contribution is 2.29. The number of anilines is 3. The van der Waals surface area contributed by atoms with Crippen LogP contribution in [0.25, 0.3) is 0 Å². The first-order valence-electron chi connectivity index (χ1n) is 6.11. The minimum Gasteiger partial charge on any atom is -0.370 e. The van der Waals surface area contributed by atoms with Crippen molar-refractivity contribution in [3.63, 3.8) is 0 Å². The van der Waals surface area contributed by atoms with Gasteiger partial charge in [0, 0.05) is 33.4 Å². The fraction of sp³-hybridized carbons (Fsp3) is 0.214. The molecule has 0 aliphatic heterocycles. The van der Waals surface area contributed by atoms with Gasteiger partial charge in [0.05, 0.1) is 5.69 Å². The van der Waals surface area contributed by atoms with Gasteiger partial charge in [0.25, 0.3) is 0 Å². The molecule has 0 spiro atoms. The van der Waals surface area contributed by atoms with E-state index in [9.17, 15) is 0 Å². The highest BCUT2D eigenvalue weighted by Gasteiger charge is 2.02. The SMILES string of the molecule is CCCNc1cc(Nc2cc(Br)ccc2Br)ccn1. The molecule has 100 valence electrons. The topological polar surface area (TPSA) is 37.0 Å². The van der Waals surface area contributed by atoms with E-state index in [4.69, 9.17) is 0 Å². The summed E-state index contributed by atoms with van der Waals surface area (Å²) < 4.78 is 2.06. The second-order valence-corrected chi connectivity index (χ2v) is 5.88.